The molecule has 0 saturated carbocycles. The van der Waals surface area contributed by atoms with Gasteiger partial charge in [-0.05, 0) is 37.5 Å². The van der Waals surface area contributed by atoms with E-state index in [1.165, 1.54) is 16.8 Å². The number of rotatable bonds is 9. The van der Waals surface area contributed by atoms with Crippen molar-refractivity contribution in [3.05, 3.63) is 45.6 Å². The summed E-state index contributed by atoms with van der Waals surface area (Å²) in [4.78, 5) is 24.2. The Hall–Kier alpha value is -2.17. The molecule has 0 saturated heterocycles. The molecule has 1 aliphatic heterocycles. The van der Waals surface area contributed by atoms with Crippen molar-refractivity contribution in [2.75, 3.05) is 13.1 Å². The molecular weight excluding hydrogens is 418 g/mol. The van der Waals surface area contributed by atoms with Gasteiger partial charge in [0, 0.05) is 44.0 Å². The summed E-state index contributed by atoms with van der Waals surface area (Å²) in [5.74, 6) is 0.563. The minimum absolute atomic E-state index is 0.0124. The lowest BCUT2D eigenvalue weighted by atomic mass is 10.2. The molecule has 2 N–H and O–H groups in total. The maximum absolute atomic E-state index is 12.2. The van der Waals surface area contributed by atoms with Crippen molar-refractivity contribution in [1.82, 2.24) is 24.4 Å². The topological polar surface area (TPSA) is 115 Å². The molecule has 9 nitrogen and oxygen atoms in total. The second-order valence-corrected chi connectivity index (χ2v) is 9.04. The van der Waals surface area contributed by atoms with Crippen LogP contribution in [-0.4, -0.2) is 41.8 Å². The van der Waals surface area contributed by atoms with Gasteiger partial charge in [-0.3, -0.25) is 9.36 Å². The Bertz CT molecular complexity index is 1030. The van der Waals surface area contributed by atoms with Crippen molar-refractivity contribution in [2.45, 2.75) is 50.1 Å². The summed E-state index contributed by atoms with van der Waals surface area (Å²) in [5.41, 5.74) is -0.0959. The molecule has 3 rings (SSSR count). The van der Waals surface area contributed by atoms with Gasteiger partial charge in [-0.2, -0.15) is 5.10 Å². The van der Waals surface area contributed by atoms with E-state index in [1.807, 2.05) is 0 Å². The monoisotopic (exact) mass is 441 g/mol. The second-order valence-electron chi connectivity index (χ2n) is 6.84. The molecule has 0 aliphatic carbocycles. The quantitative estimate of drug-likeness (QED) is 0.561. The van der Waals surface area contributed by atoms with E-state index in [0.717, 1.165) is 31.6 Å². The van der Waals surface area contributed by atoms with Crippen molar-refractivity contribution in [1.29, 1.82) is 0 Å². The molecule has 11 heteroatoms. The first-order valence-electron chi connectivity index (χ1n) is 9.55. The lowest BCUT2D eigenvalue weighted by molar-refractivity contribution is -0.120. The predicted octanol–water partition coefficient (Wildman–Crippen LogP) is 0.909. The van der Waals surface area contributed by atoms with Crippen LogP contribution in [0.4, 0.5) is 0 Å². The smallest absolute Gasteiger partial charge is 0.345 e. The number of carbonyl (C=O) groups excluding carboxylic acids is 1. The fourth-order valence-corrected chi connectivity index (χ4v) is 4.49. The number of aromatic nitrogens is 3. The normalized spacial score (nSPS) is 13.8. The van der Waals surface area contributed by atoms with E-state index in [-0.39, 0.29) is 29.5 Å². The number of benzene rings is 1. The van der Waals surface area contributed by atoms with Crippen molar-refractivity contribution in [3.8, 4) is 0 Å². The van der Waals surface area contributed by atoms with E-state index in [2.05, 4.69) is 15.1 Å². The molecule has 1 aromatic carbocycles. The highest BCUT2D eigenvalue weighted by molar-refractivity contribution is 7.89. The molecule has 29 heavy (non-hydrogen) atoms. The first kappa shape index (κ1) is 21.5. The zero-order valence-electron chi connectivity index (χ0n) is 15.9. The number of nitrogens with one attached hydrogen (secondary N) is 2. The van der Waals surface area contributed by atoms with E-state index < -0.39 is 10.0 Å². The Morgan fingerprint density at radius 1 is 1.24 bits per heavy atom. The van der Waals surface area contributed by atoms with Crippen LogP contribution in [-0.2, 0) is 34.3 Å². The first-order valence-corrected chi connectivity index (χ1v) is 11.4. The lowest BCUT2D eigenvalue weighted by Crippen LogP contribution is -2.32. The van der Waals surface area contributed by atoms with Gasteiger partial charge >= 0.3 is 5.69 Å². The van der Waals surface area contributed by atoms with Crippen LogP contribution in [0.3, 0.4) is 0 Å². The first-order chi connectivity index (χ1) is 13.9. The van der Waals surface area contributed by atoms with E-state index >= 15 is 0 Å². The highest BCUT2D eigenvalue weighted by atomic mass is 35.5. The van der Waals surface area contributed by atoms with Crippen LogP contribution < -0.4 is 15.7 Å². The Morgan fingerprint density at radius 3 is 2.83 bits per heavy atom. The van der Waals surface area contributed by atoms with Crippen LogP contribution in [0, 0.1) is 0 Å². The fraction of sp³-hybridized carbons (Fsp3) is 0.500. The summed E-state index contributed by atoms with van der Waals surface area (Å²) < 4.78 is 29.9. The third-order valence-corrected chi connectivity index (χ3v) is 6.34. The van der Waals surface area contributed by atoms with Crippen molar-refractivity contribution >= 4 is 27.5 Å². The molecule has 0 bridgehead atoms. The van der Waals surface area contributed by atoms with Gasteiger partial charge in [0.2, 0.25) is 15.9 Å². The number of hydrogen-bond acceptors (Lipinski definition) is 5. The number of nitrogens with zero attached hydrogens (tertiary/aromatic N) is 3. The van der Waals surface area contributed by atoms with Gasteiger partial charge in [-0.25, -0.2) is 22.6 Å². The van der Waals surface area contributed by atoms with Crippen LogP contribution in [0.25, 0.3) is 0 Å². The molecule has 1 amide bonds. The molecule has 0 unspecified atom stereocenters. The number of carbonyl (C=O) groups is 1. The van der Waals surface area contributed by atoms with Gasteiger partial charge in [0.25, 0.3) is 0 Å². The molecule has 0 spiro atoms. The van der Waals surface area contributed by atoms with Gasteiger partial charge in [0.05, 0.1) is 4.90 Å². The van der Waals surface area contributed by atoms with Crippen molar-refractivity contribution in [3.63, 3.8) is 0 Å². The summed E-state index contributed by atoms with van der Waals surface area (Å²) in [7, 11) is -3.71. The molecule has 1 aliphatic rings. The minimum atomic E-state index is -3.71. The molecule has 0 radical (unpaired) electrons. The largest absolute Gasteiger partial charge is 0.356 e. The number of aryl methyl sites for hydroxylation is 2. The molecule has 2 heterocycles. The minimum Gasteiger partial charge on any atom is -0.356 e. The molecule has 1 aromatic heterocycles. The van der Waals surface area contributed by atoms with E-state index in [0.29, 0.717) is 24.5 Å². The zero-order valence-corrected chi connectivity index (χ0v) is 17.5. The number of amides is 1. The molecule has 2 aromatic rings. The predicted molar refractivity (Wildman–Crippen MR) is 108 cm³/mol. The lowest BCUT2D eigenvalue weighted by Gasteiger charge is -2.09. The second kappa shape index (κ2) is 9.55. The summed E-state index contributed by atoms with van der Waals surface area (Å²) in [5, 5.41) is 7.39. The molecule has 158 valence electrons. The average molecular weight is 442 g/mol. The molecule has 0 atom stereocenters. The van der Waals surface area contributed by atoms with Crippen LogP contribution in [0.15, 0.2) is 34.0 Å². The maximum atomic E-state index is 12.2. The highest BCUT2D eigenvalue weighted by Crippen LogP contribution is 2.15. The third-order valence-electron chi connectivity index (χ3n) is 4.65. The van der Waals surface area contributed by atoms with Crippen LogP contribution >= 0.6 is 11.6 Å². The zero-order chi connectivity index (χ0) is 20.9. The summed E-state index contributed by atoms with van der Waals surface area (Å²) in [6.45, 7) is 1.51. The fourth-order valence-electron chi connectivity index (χ4n) is 3.16. The van der Waals surface area contributed by atoms with Gasteiger partial charge < -0.3 is 5.32 Å². The Kier molecular flexibility index (Phi) is 7.09. The third kappa shape index (κ3) is 5.68. The highest BCUT2D eigenvalue weighted by Gasteiger charge is 2.16. The van der Waals surface area contributed by atoms with Crippen molar-refractivity contribution in [2.24, 2.45) is 0 Å². The number of halogens is 1. The van der Waals surface area contributed by atoms with Gasteiger partial charge in [0.15, 0.2) is 0 Å². The molecular formula is C18H24ClN5O4S. The van der Waals surface area contributed by atoms with E-state index in [4.69, 9.17) is 11.6 Å². The molecule has 0 fully saturated rings. The standard InChI is InChI=1S/C18H24ClN5O4S/c19-14-5-3-6-15(13-14)29(27,28)21-10-8-17(25)20-9-4-12-24-18(26)23-11-2-1-7-16(23)22-24/h3,5-6,13,21H,1-2,4,7-12H2,(H,20,25). The van der Waals surface area contributed by atoms with Crippen LogP contribution in [0.5, 0.6) is 0 Å². The summed E-state index contributed by atoms with van der Waals surface area (Å²) >= 11 is 5.81. The Morgan fingerprint density at radius 2 is 2.07 bits per heavy atom. The van der Waals surface area contributed by atoms with Gasteiger partial charge in [0.1, 0.15) is 5.82 Å². The Balaban J connectivity index is 1.37. The number of sulfonamides is 1. The SMILES string of the molecule is O=C(CCNS(=O)(=O)c1cccc(Cl)c1)NCCCn1nc2n(c1=O)CCCC2. The number of fused-ring (bicyclic) bond motifs is 1. The van der Waals surface area contributed by atoms with E-state index in [9.17, 15) is 18.0 Å². The average Bonchev–Trinajstić information content (AvgIpc) is 3.01. The Labute approximate surface area is 174 Å². The van der Waals surface area contributed by atoms with E-state index in [1.54, 1.807) is 16.7 Å². The van der Waals surface area contributed by atoms with Crippen LogP contribution in [0.1, 0.15) is 31.5 Å². The van der Waals surface area contributed by atoms with Gasteiger partial charge in [-0.15, -0.1) is 0 Å². The summed E-state index contributed by atoms with van der Waals surface area (Å²) in [6.07, 6.45) is 3.45. The summed E-state index contributed by atoms with van der Waals surface area (Å²) in [6, 6.07) is 5.91. The van der Waals surface area contributed by atoms with Crippen LogP contribution in [0.2, 0.25) is 5.02 Å². The number of hydrogen-bond donors (Lipinski definition) is 2. The maximum Gasteiger partial charge on any atom is 0.345 e. The van der Waals surface area contributed by atoms with Gasteiger partial charge in [-0.1, -0.05) is 17.7 Å². The van der Waals surface area contributed by atoms with Crippen molar-refractivity contribution < 1.29 is 13.2 Å².